The molecule has 1 heterocycles. The highest BCUT2D eigenvalue weighted by molar-refractivity contribution is 5.95. The highest BCUT2D eigenvalue weighted by Gasteiger charge is 2.22. The first-order valence-electron chi connectivity index (χ1n) is 10.4. The molecule has 1 N–H and O–H groups in total. The molecule has 0 aliphatic carbocycles. The number of methoxy groups -OCH3 is 2. The van der Waals surface area contributed by atoms with E-state index in [1.807, 2.05) is 36.4 Å². The Kier molecular flexibility index (Phi) is 6.07. The molecule has 4 rings (SSSR count). The summed E-state index contributed by atoms with van der Waals surface area (Å²) in [6, 6.07) is 20.9. The van der Waals surface area contributed by atoms with Crippen molar-refractivity contribution in [3.63, 3.8) is 0 Å². The molecular formula is C25H26N4O3. The molecule has 0 bridgehead atoms. The number of benzene rings is 3. The predicted molar refractivity (Wildman–Crippen MR) is 123 cm³/mol. The van der Waals surface area contributed by atoms with Gasteiger partial charge >= 0.3 is 0 Å². The molecule has 1 atom stereocenters. The standard InChI is InChI=1S/C25H26N4O3/c1-16(2)17-9-11-18(12-10-17)24(29-21-8-6-5-7-20(21)27-28-29)26-25(30)19-13-14-22(31-3)23(15-19)32-4/h5-16,24H,1-4H3,(H,26,30)/t24-/m0/s1. The number of rotatable bonds is 7. The van der Waals surface area contributed by atoms with Gasteiger partial charge in [-0.05, 0) is 47.4 Å². The number of nitrogens with zero attached hydrogens (tertiary/aromatic N) is 3. The van der Waals surface area contributed by atoms with Gasteiger partial charge in [-0.1, -0.05) is 55.5 Å². The van der Waals surface area contributed by atoms with Crippen LogP contribution in [0.5, 0.6) is 11.5 Å². The molecule has 1 aromatic heterocycles. The van der Waals surface area contributed by atoms with Crippen molar-refractivity contribution in [3.8, 4) is 11.5 Å². The first-order valence-corrected chi connectivity index (χ1v) is 10.4. The number of nitrogens with one attached hydrogen (secondary N) is 1. The van der Waals surface area contributed by atoms with Crippen LogP contribution in [0.2, 0.25) is 0 Å². The summed E-state index contributed by atoms with van der Waals surface area (Å²) in [6.07, 6.45) is -0.538. The number of carbonyl (C=O) groups excluding carboxylic acids is 1. The zero-order chi connectivity index (χ0) is 22.7. The van der Waals surface area contributed by atoms with E-state index in [0.29, 0.717) is 23.0 Å². The van der Waals surface area contributed by atoms with E-state index >= 15 is 0 Å². The van der Waals surface area contributed by atoms with Gasteiger partial charge in [-0.2, -0.15) is 0 Å². The molecule has 1 amide bonds. The van der Waals surface area contributed by atoms with Gasteiger partial charge in [0.2, 0.25) is 0 Å². The van der Waals surface area contributed by atoms with Crippen LogP contribution >= 0.6 is 0 Å². The molecule has 7 nitrogen and oxygen atoms in total. The summed E-state index contributed by atoms with van der Waals surface area (Å²) in [7, 11) is 3.10. The number of fused-ring (bicyclic) bond motifs is 1. The number of ether oxygens (including phenoxy) is 2. The van der Waals surface area contributed by atoms with Crippen LogP contribution in [0.15, 0.2) is 66.7 Å². The van der Waals surface area contributed by atoms with Gasteiger partial charge in [0.25, 0.3) is 5.91 Å². The topological polar surface area (TPSA) is 78.3 Å². The minimum absolute atomic E-state index is 0.261. The maximum Gasteiger partial charge on any atom is 0.253 e. The minimum Gasteiger partial charge on any atom is -0.493 e. The lowest BCUT2D eigenvalue weighted by Gasteiger charge is -2.21. The van der Waals surface area contributed by atoms with Gasteiger partial charge in [-0.25, -0.2) is 4.68 Å². The Hall–Kier alpha value is -3.87. The Morgan fingerprint density at radius 3 is 2.28 bits per heavy atom. The Labute approximate surface area is 187 Å². The highest BCUT2D eigenvalue weighted by Crippen LogP contribution is 2.28. The molecule has 0 aliphatic heterocycles. The summed E-state index contributed by atoms with van der Waals surface area (Å²) in [6.45, 7) is 4.30. The average molecular weight is 431 g/mol. The largest absolute Gasteiger partial charge is 0.493 e. The smallest absolute Gasteiger partial charge is 0.253 e. The van der Waals surface area contributed by atoms with E-state index in [2.05, 4.69) is 41.6 Å². The van der Waals surface area contributed by atoms with Crippen molar-refractivity contribution < 1.29 is 14.3 Å². The van der Waals surface area contributed by atoms with Crippen molar-refractivity contribution in [2.75, 3.05) is 14.2 Å². The van der Waals surface area contributed by atoms with Crippen LogP contribution in [0.4, 0.5) is 0 Å². The molecule has 0 aliphatic rings. The second-order valence-electron chi connectivity index (χ2n) is 7.79. The predicted octanol–water partition coefficient (Wildman–Crippen LogP) is 4.55. The van der Waals surface area contributed by atoms with E-state index in [1.54, 1.807) is 37.1 Å². The van der Waals surface area contributed by atoms with Crippen molar-refractivity contribution in [2.45, 2.75) is 25.9 Å². The number of aromatic nitrogens is 3. The van der Waals surface area contributed by atoms with E-state index in [0.717, 1.165) is 16.6 Å². The Morgan fingerprint density at radius 2 is 1.59 bits per heavy atom. The van der Waals surface area contributed by atoms with Gasteiger partial charge in [-0.15, -0.1) is 5.10 Å². The fourth-order valence-corrected chi connectivity index (χ4v) is 3.61. The normalized spacial score (nSPS) is 12.0. The Bertz CT molecular complexity index is 1230. The maximum atomic E-state index is 13.2. The van der Waals surface area contributed by atoms with Crippen LogP contribution in [0, 0.1) is 0 Å². The van der Waals surface area contributed by atoms with E-state index < -0.39 is 6.17 Å². The third kappa shape index (κ3) is 4.14. The van der Waals surface area contributed by atoms with Gasteiger partial charge in [0.1, 0.15) is 5.52 Å². The summed E-state index contributed by atoms with van der Waals surface area (Å²) < 4.78 is 12.4. The molecule has 3 aromatic carbocycles. The molecule has 32 heavy (non-hydrogen) atoms. The number of hydrogen-bond acceptors (Lipinski definition) is 5. The van der Waals surface area contributed by atoms with Gasteiger partial charge in [0, 0.05) is 5.56 Å². The lowest BCUT2D eigenvalue weighted by atomic mass is 10.0. The SMILES string of the molecule is COc1ccc(C(=O)N[C@H](c2ccc(C(C)C)cc2)n2nnc3ccccc32)cc1OC. The molecule has 0 radical (unpaired) electrons. The van der Waals surface area contributed by atoms with Gasteiger partial charge < -0.3 is 14.8 Å². The molecule has 7 heteroatoms. The molecular weight excluding hydrogens is 404 g/mol. The van der Waals surface area contributed by atoms with Crippen LogP contribution in [0.1, 0.15) is 47.4 Å². The molecule has 0 spiro atoms. The van der Waals surface area contributed by atoms with Crippen LogP contribution < -0.4 is 14.8 Å². The number of carbonyl (C=O) groups is 1. The second kappa shape index (κ2) is 9.09. The van der Waals surface area contributed by atoms with Gasteiger partial charge in [0.05, 0.1) is 19.7 Å². The van der Waals surface area contributed by atoms with Crippen molar-refractivity contribution in [1.29, 1.82) is 0 Å². The molecule has 0 saturated heterocycles. The van der Waals surface area contributed by atoms with Crippen LogP contribution in [-0.2, 0) is 0 Å². The lowest BCUT2D eigenvalue weighted by Crippen LogP contribution is -2.34. The minimum atomic E-state index is -0.538. The summed E-state index contributed by atoms with van der Waals surface area (Å²) >= 11 is 0. The molecule has 164 valence electrons. The average Bonchev–Trinajstić information content (AvgIpc) is 3.26. The van der Waals surface area contributed by atoms with Crippen LogP contribution in [0.25, 0.3) is 11.0 Å². The Morgan fingerprint density at radius 1 is 0.906 bits per heavy atom. The van der Waals surface area contributed by atoms with Gasteiger partial charge in [-0.3, -0.25) is 4.79 Å². The quantitative estimate of drug-likeness (QED) is 0.465. The summed E-state index contributed by atoms with van der Waals surface area (Å²) in [5, 5.41) is 11.7. The van der Waals surface area contributed by atoms with E-state index in [9.17, 15) is 4.79 Å². The zero-order valence-corrected chi connectivity index (χ0v) is 18.6. The number of para-hydroxylation sites is 1. The van der Waals surface area contributed by atoms with Crippen molar-refractivity contribution in [2.24, 2.45) is 0 Å². The number of hydrogen-bond donors (Lipinski definition) is 1. The Balaban J connectivity index is 1.73. The van der Waals surface area contributed by atoms with Gasteiger partial charge in [0.15, 0.2) is 17.7 Å². The maximum absolute atomic E-state index is 13.2. The molecule has 4 aromatic rings. The third-order valence-electron chi connectivity index (χ3n) is 5.45. The second-order valence-corrected chi connectivity index (χ2v) is 7.79. The van der Waals surface area contributed by atoms with E-state index in [4.69, 9.17) is 9.47 Å². The highest BCUT2D eigenvalue weighted by atomic mass is 16.5. The monoisotopic (exact) mass is 430 g/mol. The first kappa shape index (κ1) is 21.4. The zero-order valence-electron chi connectivity index (χ0n) is 18.6. The van der Waals surface area contributed by atoms with Crippen molar-refractivity contribution >= 4 is 16.9 Å². The summed E-state index contributed by atoms with van der Waals surface area (Å²) in [5.74, 6) is 1.20. The number of amides is 1. The van der Waals surface area contributed by atoms with E-state index in [1.165, 1.54) is 5.56 Å². The van der Waals surface area contributed by atoms with Crippen molar-refractivity contribution in [3.05, 3.63) is 83.4 Å². The third-order valence-corrected chi connectivity index (χ3v) is 5.45. The summed E-state index contributed by atoms with van der Waals surface area (Å²) in [4.78, 5) is 13.2. The lowest BCUT2D eigenvalue weighted by molar-refractivity contribution is 0.0927. The molecule has 0 unspecified atom stereocenters. The molecule has 0 fully saturated rings. The molecule has 0 saturated carbocycles. The van der Waals surface area contributed by atoms with E-state index in [-0.39, 0.29) is 5.91 Å². The fraction of sp³-hybridized carbons (Fsp3) is 0.240. The first-order chi connectivity index (χ1) is 15.5. The van der Waals surface area contributed by atoms with Crippen LogP contribution in [0.3, 0.4) is 0 Å². The van der Waals surface area contributed by atoms with Crippen molar-refractivity contribution in [1.82, 2.24) is 20.3 Å². The fourth-order valence-electron chi connectivity index (χ4n) is 3.61. The summed E-state index contributed by atoms with van der Waals surface area (Å²) in [5.41, 5.74) is 4.17. The van der Waals surface area contributed by atoms with Crippen LogP contribution in [-0.4, -0.2) is 35.1 Å².